The van der Waals surface area contributed by atoms with Gasteiger partial charge in [0.1, 0.15) is 6.07 Å². The number of carbonyl (C=O) groups is 1. The van der Waals surface area contributed by atoms with E-state index in [1.165, 1.54) is 4.31 Å². The van der Waals surface area contributed by atoms with Gasteiger partial charge in [0.15, 0.2) is 0 Å². The summed E-state index contributed by atoms with van der Waals surface area (Å²) in [5, 5.41) is 9.96. The summed E-state index contributed by atoms with van der Waals surface area (Å²) in [7, 11) is -0.422. The lowest BCUT2D eigenvalue weighted by molar-refractivity contribution is 0.168. The van der Waals surface area contributed by atoms with Crippen LogP contribution in [0.5, 0.6) is 0 Å². The molecule has 1 heterocycles. The molecule has 1 fully saturated rings. The molecule has 3 aromatic carbocycles. The molecule has 0 radical (unpaired) electrons. The molecule has 0 aliphatic carbocycles. The molecule has 1 aliphatic heterocycles. The van der Waals surface area contributed by atoms with Crippen molar-refractivity contribution < 1.29 is 13.2 Å². The van der Waals surface area contributed by atoms with E-state index in [9.17, 15) is 18.5 Å². The fraction of sp³-hybridized carbons (Fsp3) is 0.259. The monoisotopic (exact) mass is 503 g/mol. The largest absolute Gasteiger partial charge is 0.367 e. The highest BCUT2D eigenvalue weighted by Gasteiger charge is 2.28. The number of rotatable bonds is 6. The Kier molecular flexibility index (Phi) is 7.46. The van der Waals surface area contributed by atoms with Crippen LogP contribution in [0.2, 0.25) is 0 Å². The topological polar surface area (TPSA) is 88.0 Å². The van der Waals surface area contributed by atoms with E-state index in [2.05, 4.69) is 11.0 Å². The Morgan fingerprint density at radius 2 is 1.53 bits per heavy atom. The van der Waals surface area contributed by atoms with Crippen LogP contribution in [0.3, 0.4) is 0 Å². The van der Waals surface area contributed by atoms with Crippen molar-refractivity contribution in [2.24, 2.45) is 0 Å². The molecular weight excluding hydrogens is 474 g/mol. The second kappa shape index (κ2) is 10.7. The average Bonchev–Trinajstić information content (AvgIpc) is 2.92. The van der Waals surface area contributed by atoms with Gasteiger partial charge in [0.25, 0.3) is 10.0 Å². The Labute approximate surface area is 212 Å². The molecule has 0 aromatic heterocycles. The molecule has 0 spiro atoms. The Hall–Kier alpha value is -4.03. The highest BCUT2D eigenvalue weighted by Crippen LogP contribution is 2.31. The van der Waals surface area contributed by atoms with Gasteiger partial charge in [-0.3, -0.25) is 4.31 Å². The number of piperazine rings is 1. The van der Waals surface area contributed by atoms with Crippen LogP contribution in [0.15, 0.2) is 83.8 Å². The van der Waals surface area contributed by atoms with E-state index in [0.29, 0.717) is 37.4 Å². The lowest BCUT2D eigenvalue weighted by Gasteiger charge is -2.37. The molecule has 1 saturated heterocycles. The molecule has 1 aliphatic rings. The predicted molar refractivity (Wildman–Crippen MR) is 140 cm³/mol. The lowest BCUT2D eigenvalue weighted by atomic mass is 10.1. The van der Waals surface area contributed by atoms with Gasteiger partial charge < -0.3 is 14.7 Å². The predicted octanol–water partition coefficient (Wildman–Crippen LogP) is 3.76. The first kappa shape index (κ1) is 25.1. The van der Waals surface area contributed by atoms with Crippen LogP contribution in [0.1, 0.15) is 11.1 Å². The first-order valence-corrected chi connectivity index (χ1v) is 13.1. The molecule has 3 aromatic rings. The Morgan fingerprint density at radius 1 is 0.917 bits per heavy atom. The highest BCUT2D eigenvalue weighted by molar-refractivity contribution is 7.92. The zero-order valence-electron chi connectivity index (χ0n) is 20.4. The van der Waals surface area contributed by atoms with Gasteiger partial charge in [-0.2, -0.15) is 5.26 Å². The van der Waals surface area contributed by atoms with E-state index < -0.39 is 10.0 Å². The zero-order valence-corrected chi connectivity index (χ0v) is 21.2. The van der Waals surface area contributed by atoms with Crippen LogP contribution in [0.4, 0.5) is 16.2 Å². The van der Waals surface area contributed by atoms with E-state index in [1.807, 2.05) is 30.3 Å². The Morgan fingerprint density at radius 3 is 2.11 bits per heavy atom. The van der Waals surface area contributed by atoms with Gasteiger partial charge in [-0.05, 0) is 35.9 Å². The maximum atomic E-state index is 13.7. The van der Waals surface area contributed by atoms with Crippen molar-refractivity contribution in [2.45, 2.75) is 11.4 Å². The lowest BCUT2D eigenvalue weighted by Crippen LogP contribution is -2.51. The maximum absolute atomic E-state index is 13.7. The molecular formula is C27H29N5O3S. The van der Waals surface area contributed by atoms with Crippen molar-refractivity contribution in [2.75, 3.05) is 49.5 Å². The minimum absolute atomic E-state index is 0.0341. The Bertz CT molecular complexity index is 1350. The van der Waals surface area contributed by atoms with E-state index in [1.54, 1.807) is 72.4 Å². The van der Waals surface area contributed by atoms with Gasteiger partial charge in [0.2, 0.25) is 0 Å². The van der Waals surface area contributed by atoms with Gasteiger partial charge >= 0.3 is 6.03 Å². The van der Waals surface area contributed by atoms with E-state index >= 15 is 0 Å². The number of hydrogen-bond donors (Lipinski definition) is 0. The molecule has 0 atom stereocenters. The van der Waals surface area contributed by atoms with Gasteiger partial charge in [0.05, 0.1) is 28.4 Å². The third kappa shape index (κ3) is 5.29. The number of hydrogen-bond acceptors (Lipinski definition) is 5. The molecule has 8 nitrogen and oxygen atoms in total. The number of nitriles is 1. The SMILES string of the molecule is CN(C)C(=O)N1CCN(c2ccc(N(Cc3ccccc3)S(=O)(=O)c3ccccc3)cc2C#N)CC1. The van der Waals surface area contributed by atoms with Gasteiger partial charge in [-0.15, -0.1) is 0 Å². The number of sulfonamides is 1. The standard InChI is InChI=1S/C27H29N5O3S/c1-29(2)27(33)31-17-15-30(16-18-31)26-14-13-24(19-23(26)20-28)32(21-22-9-5-3-6-10-22)36(34,35)25-11-7-4-8-12-25/h3-14,19H,15-18,21H2,1-2H3. The number of carbonyl (C=O) groups excluding carboxylic acids is 1. The number of anilines is 2. The van der Waals surface area contributed by atoms with E-state index in [4.69, 9.17) is 0 Å². The van der Waals surface area contributed by atoms with Crippen molar-refractivity contribution in [3.8, 4) is 6.07 Å². The molecule has 9 heteroatoms. The minimum Gasteiger partial charge on any atom is -0.367 e. The summed E-state index contributed by atoms with van der Waals surface area (Å²) in [4.78, 5) is 17.9. The normalized spacial score (nSPS) is 13.7. The van der Waals surface area contributed by atoms with E-state index in [-0.39, 0.29) is 17.5 Å². The number of urea groups is 1. The summed E-state index contributed by atoms with van der Waals surface area (Å²) in [5.74, 6) is 0. The second-order valence-electron chi connectivity index (χ2n) is 8.77. The summed E-state index contributed by atoms with van der Waals surface area (Å²) >= 11 is 0. The van der Waals surface area contributed by atoms with Gasteiger partial charge in [-0.25, -0.2) is 13.2 Å². The fourth-order valence-corrected chi connectivity index (χ4v) is 5.72. The van der Waals surface area contributed by atoms with Crippen molar-refractivity contribution in [1.82, 2.24) is 9.80 Å². The number of benzene rings is 3. The van der Waals surface area contributed by atoms with Crippen LogP contribution in [-0.4, -0.2) is 64.5 Å². The van der Waals surface area contributed by atoms with Gasteiger partial charge in [0, 0.05) is 40.3 Å². The molecule has 186 valence electrons. The number of amides is 2. The second-order valence-corrected chi connectivity index (χ2v) is 10.6. The molecule has 4 rings (SSSR count). The van der Waals surface area contributed by atoms with Crippen molar-refractivity contribution >= 4 is 27.4 Å². The summed E-state index contributed by atoms with van der Waals surface area (Å²) in [5.41, 5.74) is 2.38. The molecule has 0 N–H and O–H groups in total. The fourth-order valence-electron chi connectivity index (χ4n) is 4.25. The van der Waals surface area contributed by atoms with E-state index in [0.717, 1.165) is 11.3 Å². The summed E-state index contributed by atoms with van der Waals surface area (Å²) in [6, 6.07) is 25.1. The molecule has 36 heavy (non-hydrogen) atoms. The molecule has 0 saturated carbocycles. The first-order valence-electron chi connectivity index (χ1n) is 11.7. The number of nitrogens with zero attached hydrogens (tertiary/aromatic N) is 5. The Balaban J connectivity index is 1.66. The van der Waals surface area contributed by atoms with Crippen LogP contribution < -0.4 is 9.21 Å². The zero-order chi connectivity index (χ0) is 25.7. The minimum atomic E-state index is -3.88. The average molecular weight is 504 g/mol. The summed E-state index contributed by atoms with van der Waals surface area (Å²) in [6.45, 7) is 2.40. The van der Waals surface area contributed by atoms with Gasteiger partial charge in [-0.1, -0.05) is 48.5 Å². The van der Waals surface area contributed by atoms with Crippen LogP contribution in [-0.2, 0) is 16.6 Å². The van der Waals surface area contributed by atoms with Crippen LogP contribution in [0, 0.1) is 11.3 Å². The maximum Gasteiger partial charge on any atom is 0.319 e. The first-order chi connectivity index (χ1) is 17.3. The van der Waals surface area contributed by atoms with Crippen molar-refractivity contribution in [3.05, 3.63) is 90.0 Å². The highest BCUT2D eigenvalue weighted by atomic mass is 32.2. The smallest absolute Gasteiger partial charge is 0.319 e. The van der Waals surface area contributed by atoms with Crippen molar-refractivity contribution in [3.63, 3.8) is 0 Å². The van der Waals surface area contributed by atoms with Crippen LogP contribution >= 0.6 is 0 Å². The summed E-state index contributed by atoms with van der Waals surface area (Å²) < 4.78 is 28.7. The third-order valence-corrected chi connectivity index (χ3v) is 7.95. The third-order valence-electron chi connectivity index (χ3n) is 6.16. The molecule has 0 bridgehead atoms. The molecule has 0 unspecified atom stereocenters. The quantitative estimate of drug-likeness (QED) is 0.511. The van der Waals surface area contributed by atoms with Crippen LogP contribution in [0.25, 0.3) is 0 Å². The van der Waals surface area contributed by atoms with Crippen molar-refractivity contribution in [1.29, 1.82) is 5.26 Å². The molecule has 2 amide bonds. The summed E-state index contributed by atoms with van der Waals surface area (Å²) in [6.07, 6.45) is 0.